The molecule has 2 N–H and O–H groups in total. The molecule has 0 rings (SSSR count). The van der Waals surface area contributed by atoms with E-state index in [0.717, 1.165) is 12.8 Å². The lowest BCUT2D eigenvalue weighted by Gasteiger charge is -2.35. The highest BCUT2D eigenvalue weighted by Crippen LogP contribution is 2.33. The molecule has 0 aromatic heterocycles. The van der Waals surface area contributed by atoms with Gasteiger partial charge in [0.15, 0.2) is 0 Å². The number of rotatable bonds is 10. The first-order chi connectivity index (χ1) is 8.28. The summed E-state index contributed by atoms with van der Waals surface area (Å²) in [4.78, 5) is 0. The second-order valence-electron chi connectivity index (χ2n) is 5.82. The third-order valence-corrected chi connectivity index (χ3v) is 3.54. The van der Waals surface area contributed by atoms with E-state index in [1.54, 1.807) is 7.11 Å². The molecule has 0 saturated carbocycles. The molecule has 0 spiro atoms. The summed E-state index contributed by atoms with van der Waals surface area (Å²) in [5.41, 5.74) is -0.717. The molecule has 4 heteroatoms. The summed E-state index contributed by atoms with van der Waals surface area (Å²) in [5.74, 6) is 0. The van der Waals surface area contributed by atoms with Crippen LogP contribution in [0.15, 0.2) is 0 Å². The first-order valence-corrected chi connectivity index (χ1v) is 6.75. The number of hydrogen-bond acceptors (Lipinski definition) is 4. The second kappa shape index (κ2) is 8.10. The van der Waals surface area contributed by atoms with Crippen LogP contribution in [0.2, 0.25) is 0 Å². The molecular formula is C14H30O4. The Morgan fingerprint density at radius 2 is 1.72 bits per heavy atom. The summed E-state index contributed by atoms with van der Waals surface area (Å²) < 4.78 is 10.4. The van der Waals surface area contributed by atoms with Gasteiger partial charge in [0.05, 0.1) is 25.4 Å². The van der Waals surface area contributed by atoms with Crippen LogP contribution in [0.5, 0.6) is 0 Å². The molecule has 0 aliphatic carbocycles. The minimum absolute atomic E-state index is 0.0632. The molecule has 3 atom stereocenters. The van der Waals surface area contributed by atoms with Gasteiger partial charge < -0.3 is 19.7 Å². The van der Waals surface area contributed by atoms with Gasteiger partial charge in [0, 0.05) is 7.11 Å². The third-order valence-electron chi connectivity index (χ3n) is 3.54. The van der Waals surface area contributed by atoms with Crippen molar-refractivity contribution in [1.29, 1.82) is 0 Å². The highest BCUT2D eigenvalue weighted by atomic mass is 16.5. The van der Waals surface area contributed by atoms with Gasteiger partial charge in [-0.2, -0.15) is 0 Å². The summed E-state index contributed by atoms with van der Waals surface area (Å²) in [6, 6.07) is 0. The Hall–Kier alpha value is -0.160. The minimum Gasteiger partial charge on any atom is -0.390 e. The molecule has 18 heavy (non-hydrogen) atoms. The van der Waals surface area contributed by atoms with E-state index in [4.69, 9.17) is 9.47 Å². The lowest BCUT2D eigenvalue weighted by atomic mass is 9.77. The summed E-state index contributed by atoms with van der Waals surface area (Å²) in [6.45, 7) is 9.16. The smallest absolute Gasteiger partial charge is 0.101 e. The zero-order valence-electron chi connectivity index (χ0n) is 12.5. The number of hydrogen-bond donors (Lipinski definition) is 2. The Kier molecular flexibility index (Phi) is 8.03. The summed E-state index contributed by atoms with van der Waals surface area (Å²) in [6.07, 6.45) is 1.79. The van der Waals surface area contributed by atoms with E-state index in [1.165, 1.54) is 0 Å². The van der Waals surface area contributed by atoms with Gasteiger partial charge in [0.2, 0.25) is 0 Å². The quantitative estimate of drug-likeness (QED) is 0.632. The van der Waals surface area contributed by atoms with Crippen LogP contribution in [0.25, 0.3) is 0 Å². The van der Waals surface area contributed by atoms with E-state index in [1.807, 2.05) is 13.8 Å². The van der Waals surface area contributed by atoms with Crippen LogP contribution >= 0.6 is 0 Å². The van der Waals surface area contributed by atoms with E-state index in [-0.39, 0.29) is 18.6 Å². The van der Waals surface area contributed by atoms with E-state index in [9.17, 15) is 10.2 Å². The Labute approximate surface area is 111 Å². The minimum atomic E-state index is -0.654. The average molecular weight is 262 g/mol. The molecule has 110 valence electrons. The SMILES string of the molecule is CCC(C)(O)CC(C)(CC)COCC(O)COC. The molecule has 0 amide bonds. The lowest BCUT2D eigenvalue weighted by molar-refractivity contribution is -0.0577. The number of ether oxygens (including phenoxy) is 2. The lowest BCUT2D eigenvalue weighted by Crippen LogP contribution is -2.36. The normalized spacial score (nSPS) is 20.2. The molecule has 0 aromatic rings. The maximum atomic E-state index is 10.2. The van der Waals surface area contributed by atoms with Crippen molar-refractivity contribution in [1.82, 2.24) is 0 Å². The summed E-state index contributed by atoms with van der Waals surface area (Å²) in [5, 5.41) is 19.7. The Morgan fingerprint density at radius 3 is 2.17 bits per heavy atom. The molecule has 0 aliphatic heterocycles. The van der Waals surface area contributed by atoms with Crippen molar-refractivity contribution in [3.05, 3.63) is 0 Å². The standard InChI is InChI=1S/C14H30O4/c1-6-13(3,10-14(4,16)7-2)11-18-9-12(15)8-17-5/h12,15-16H,6-11H2,1-5H3. The fourth-order valence-corrected chi connectivity index (χ4v) is 2.00. The van der Waals surface area contributed by atoms with Crippen molar-refractivity contribution in [2.45, 2.75) is 58.7 Å². The highest BCUT2D eigenvalue weighted by molar-refractivity contribution is 4.83. The van der Waals surface area contributed by atoms with Crippen LogP contribution in [0, 0.1) is 5.41 Å². The van der Waals surface area contributed by atoms with Gasteiger partial charge in [-0.05, 0) is 31.6 Å². The monoisotopic (exact) mass is 262 g/mol. The fraction of sp³-hybridized carbons (Fsp3) is 1.00. The van der Waals surface area contributed by atoms with Gasteiger partial charge in [0.25, 0.3) is 0 Å². The van der Waals surface area contributed by atoms with Gasteiger partial charge in [-0.15, -0.1) is 0 Å². The average Bonchev–Trinajstić information content (AvgIpc) is 2.29. The molecule has 0 heterocycles. The Balaban J connectivity index is 4.15. The highest BCUT2D eigenvalue weighted by Gasteiger charge is 2.32. The van der Waals surface area contributed by atoms with Crippen LogP contribution in [0.4, 0.5) is 0 Å². The third kappa shape index (κ3) is 7.31. The maximum Gasteiger partial charge on any atom is 0.101 e. The second-order valence-corrected chi connectivity index (χ2v) is 5.82. The summed E-state index contributed by atoms with van der Waals surface area (Å²) >= 11 is 0. The van der Waals surface area contributed by atoms with Gasteiger partial charge >= 0.3 is 0 Å². The molecular weight excluding hydrogens is 232 g/mol. The predicted octanol–water partition coefficient (Wildman–Crippen LogP) is 1.98. The molecule has 0 saturated heterocycles. The largest absolute Gasteiger partial charge is 0.390 e. The molecule has 4 nitrogen and oxygen atoms in total. The van der Waals surface area contributed by atoms with Gasteiger partial charge in [0.1, 0.15) is 6.10 Å². The van der Waals surface area contributed by atoms with Gasteiger partial charge in [-0.1, -0.05) is 20.8 Å². The van der Waals surface area contributed by atoms with Crippen molar-refractivity contribution in [3.8, 4) is 0 Å². The van der Waals surface area contributed by atoms with Crippen molar-refractivity contribution in [3.63, 3.8) is 0 Å². The summed E-state index contributed by atoms with van der Waals surface area (Å²) in [7, 11) is 1.55. The zero-order valence-corrected chi connectivity index (χ0v) is 12.5. The van der Waals surface area contributed by atoms with Gasteiger partial charge in [-0.25, -0.2) is 0 Å². The number of aliphatic hydroxyl groups is 2. The molecule has 0 aliphatic rings. The van der Waals surface area contributed by atoms with Crippen LogP contribution in [-0.2, 0) is 9.47 Å². The van der Waals surface area contributed by atoms with Crippen LogP contribution in [0.1, 0.15) is 47.0 Å². The van der Waals surface area contributed by atoms with E-state index < -0.39 is 11.7 Å². The van der Waals surface area contributed by atoms with Gasteiger partial charge in [-0.3, -0.25) is 0 Å². The van der Waals surface area contributed by atoms with E-state index in [2.05, 4.69) is 13.8 Å². The van der Waals surface area contributed by atoms with E-state index in [0.29, 0.717) is 13.0 Å². The topological polar surface area (TPSA) is 58.9 Å². The molecule has 0 fully saturated rings. The fourth-order valence-electron chi connectivity index (χ4n) is 2.00. The van der Waals surface area contributed by atoms with Crippen LogP contribution < -0.4 is 0 Å². The Morgan fingerprint density at radius 1 is 1.11 bits per heavy atom. The van der Waals surface area contributed by atoms with Crippen molar-refractivity contribution < 1.29 is 19.7 Å². The van der Waals surface area contributed by atoms with Crippen molar-refractivity contribution >= 4 is 0 Å². The van der Waals surface area contributed by atoms with E-state index >= 15 is 0 Å². The molecule has 3 unspecified atom stereocenters. The number of methoxy groups -OCH3 is 1. The predicted molar refractivity (Wildman–Crippen MR) is 72.6 cm³/mol. The first kappa shape index (κ1) is 17.8. The number of aliphatic hydroxyl groups excluding tert-OH is 1. The van der Waals surface area contributed by atoms with Crippen LogP contribution in [0.3, 0.4) is 0 Å². The van der Waals surface area contributed by atoms with Crippen LogP contribution in [-0.4, -0.2) is 48.8 Å². The Bertz CT molecular complexity index is 218. The van der Waals surface area contributed by atoms with Crippen molar-refractivity contribution in [2.24, 2.45) is 5.41 Å². The maximum absolute atomic E-state index is 10.2. The first-order valence-electron chi connectivity index (χ1n) is 6.75. The molecule has 0 radical (unpaired) electrons. The molecule has 0 bridgehead atoms. The zero-order chi connectivity index (χ0) is 14.2. The van der Waals surface area contributed by atoms with Crippen molar-refractivity contribution in [2.75, 3.05) is 26.9 Å². The molecule has 0 aromatic carbocycles.